The first-order chi connectivity index (χ1) is 51.5. The molecule has 0 unspecified atom stereocenters. The number of hydrogen-bond acceptors (Lipinski definition) is 8. The maximum Gasteiger partial charge on any atom is 0.160 e. The Morgan fingerprint density at radius 1 is 0.192 bits per heavy atom. The second-order valence-electron chi connectivity index (χ2n) is 26.5. The third kappa shape index (κ3) is 11.0. The maximum absolute atomic E-state index is 5.30. The molecule has 0 bridgehead atoms. The first kappa shape index (κ1) is 60.7. The summed E-state index contributed by atoms with van der Waals surface area (Å²) in [5, 5.41) is 17.5. The number of rotatable bonds is 10. The smallest absolute Gasteiger partial charge is 0.160 e. The van der Waals surface area contributed by atoms with Crippen LogP contribution < -0.4 is 0 Å². The van der Waals surface area contributed by atoms with E-state index in [4.69, 9.17) is 19.9 Å². The van der Waals surface area contributed by atoms with Gasteiger partial charge in [-0.3, -0.25) is 9.97 Å². The fourth-order valence-corrected chi connectivity index (χ4v) is 17.3. The van der Waals surface area contributed by atoms with E-state index >= 15 is 0 Å². The highest BCUT2D eigenvalue weighted by Crippen LogP contribution is 2.44. The topological polar surface area (TPSA) is 77.3 Å². The fraction of sp³-hybridized carbons (Fsp3) is 0. The second-order valence-corrected chi connectivity index (χ2v) is 28.7. The number of thiophene rings is 2. The molecule has 6 nitrogen and oxygen atoms in total. The Balaban J connectivity index is 0.000000139. The van der Waals surface area contributed by atoms with Crippen LogP contribution in [0.4, 0.5) is 0 Å². The van der Waals surface area contributed by atoms with Gasteiger partial charge in [-0.25, -0.2) is 19.9 Å². The summed E-state index contributed by atoms with van der Waals surface area (Å²) in [6.07, 6.45) is 7.39. The molecular weight excluding hydrogens is 1300 g/mol. The largest absolute Gasteiger partial charge is 0.264 e. The Morgan fingerprint density at radius 2 is 0.596 bits per heavy atom. The molecule has 0 fully saturated rings. The minimum Gasteiger partial charge on any atom is -0.264 e. The Morgan fingerprint density at radius 3 is 1.15 bits per heavy atom. The molecule has 0 amide bonds. The molecule has 0 radical (unpaired) electrons. The van der Waals surface area contributed by atoms with Crippen molar-refractivity contribution in [1.29, 1.82) is 0 Å². The molecule has 21 aromatic rings. The van der Waals surface area contributed by atoms with E-state index in [0.29, 0.717) is 11.6 Å². The van der Waals surface area contributed by atoms with Crippen LogP contribution in [0.3, 0.4) is 0 Å². The van der Waals surface area contributed by atoms with Crippen molar-refractivity contribution in [1.82, 2.24) is 29.9 Å². The van der Waals surface area contributed by atoms with E-state index in [9.17, 15) is 0 Å². The number of pyridine rings is 2. The van der Waals surface area contributed by atoms with E-state index in [0.717, 1.165) is 78.4 Å². The lowest BCUT2D eigenvalue weighted by atomic mass is 9.91. The van der Waals surface area contributed by atoms with E-state index < -0.39 is 0 Å². The van der Waals surface area contributed by atoms with Gasteiger partial charge in [-0.15, -0.1) is 22.7 Å². The average molecular weight is 1360 g/mol. The molecule has 484 valence electrons. The van der Waals surface area contributed by atoms with Crippen LogP contribution >= 0.6 is 22.7 Å². The first-order valence-corrected chi connectivity index (χ1v) is 36.5. The van der Waals surface area contributed by atoms with Gasteiger partial charge >= 0.3 is 0 Å². The third-order valence-electron chi connectivity index (χ3n) is 20.3. The molecule has 0 spiro atoms. The fourth-order valence-electron chi connectivity index (χ4n) is 15.2. The zero-order chi connectivity index (χ0) is 68.6. The van der Waals surface area contributed by atoms with Crippen LogP contribution in [0, 0.1) is 0 Å². The summed E-state index contributed by atoms with van der Waals surface area (Å²) in [7, 11) is 0. The summed E-state index contributed by atoms with van der Waals surface area (Å²) >= 11 is 3.70. The summed E-state index contributed by atoms with van der Waals surface area (Å²) in [5.41, 5.74) is 18.8. The van der Waals surface area contributed by atoms with Crippen LogP contribution in [0.15, 0.2) is 352 Å². The van der Waals surface area contributed by atoms with Crippen LogP contribution in [0.2, 0.25) is 0 Å². The SMILES string of the molecule is c1cncc(-c2cccc(-c3nc(-c4ccc(-c5ccc6sc7ccccc7c6c5)cc4)cc(-c4cc5ccccc5c5ccccc45)n3)c2)c1.c1cncc(-c2cccc(-c3nc(-c4ccc(-c5ccc6sc7ccccc7c6c5)cc4)cc(-c4ccc5ccc6cccc7ccc4c5c67)n3)c2)c1. The molecule has 104 heavy (non-hydrogen) atoms. The maximum atomic E-state index is 5.30. The standard InChI is InChI=1S/C49H29N3S.C47H29N3S/c1-2-12-45-40(11-1)42-27-36(21-24-46(42)53-45)30-13-15-31(16-14-30)43-28-44(52-49(51-43)37-9-4-8-35(26-37)38-10-5-25-50-29-38)39-22-19-34-18-17-32-6-3-7-33-20-23-41(39)48(34)47(32)33;1-2-13-37-34(9-1)27-41(39-15-4-3-14-38(37)39)44-28-43(49-47(50-44)35-11-7-10-32(25-35)36-12-8-24-48-29-36)31-20-18-30(19-21-31)33-22-23-46-42(26-33)40-16-5-6-17-45(40)51-46/h1-29H;1-29H. The summed E-state index contributed by atoms with van der Waals surface area (Å²) < 4.78 is 5.26. The summed E-state index contributed by atoms with van der Waals surface area (Å²) in [6, 6.07) is 117. The van der Waals surface area contributed by atoms with Crippen molar-refractivity contribution in [2.45, 2.75) is 0 Å². The van der Waals surface area contributed by atoms with Crippen molar-refractivity contribution in [2.75, 3.05) is 0 Å². The lowest BCUT2D eigenvalue weighted by Crippen LogP contribution is -1.97. The van der Waals surface area contributed by atoms with Gasteiger partial charge in [-0.2, -0.15) is 0 Å². The van der Waals surface area contributed by atoms with Crippen LogP contribution in [0.25, 0.3) is 207 Å². The molecule has 6 heterocycles. The van der Waals surface area contributed by atoms with E-state index in [-0.39, 0.29) is 0 Å². The van der Waals surface area contributed by atoms with Crippen LogP contribution in [0.5, 0.6) is 0 Å². The molecule has 0 aliphatic carbocycles. The third-order valence-corrected chi connectivity index (χ3v) is 22.6. The van der Waals surface area contributed by atoms with Gasteiger partial charge in [0.25, 0.3) is 0 Å². The highest BCUT2D eigenvalue weighted by molar-refractivity contribution is 7.26. The first-order valence-electron chi connectivity index (χ1n) is 34.9. The van der Waals surface area contributed by atoms with Crippen molar-refractivity contribution in [3.63, 3.8) is 0 Å². The Kier molecular flexibility index (Phi) is 14.8. The minimum absolute atomic E-state index is 0.685. The van der Waals surface area contributed by atoms with Crippen LogP contribution in [0.1, 0.15) is 0 Å². The molecule has 8 heteroatoms. The van der Waals surface area contributed by atoms with Crippen molar-refractivity contribution in [3.8, 4) is 112 Å². The highest BCUT2D eigenvalue weighted by atomic mass is 32.1. The summed E-state index contributed by atoms with van der Waals surface area (Å²) in [5.74, 6) is 1.37. The monoisotopic (exact) mass is 1360 g/mol. The molecule has 0 aliphatic heterocycles. The van der Waals surface area contributed by atoms with Crippen LogP contribution in [-0.2, 0) is 0 Å². The molecule has 0 N–H and O–H groups in total. The van der Waals surface area contributed by atoms with Gasteiger partial charge in [-0.1, -0.05) is 249 Å². The molecule has 0 saturated carbocycles. The summed E-state index contributed by atoms with van der Waals surface area (Å²) in [6.45, 7) is 0. The van der Waals surface area contributed by atoms with Crippen molar-refractivity contribution >= 4 is 117 Å². The number of nitrogens with zero attached hydrogens (tertiary/aromatic N) is 6. The van der Waals surface area contributed by atoms with E-state index in [1.54, 1.807) is 12.4 Å². The predicted octanol–water partition coefficient (Wildman–Crippen LogP) is 26.4. The highest BCUT2D eigenvalue weighted by Gasteiger charge is 2.20. The Labute approximate surface area is 607 Å². The Hall–Kier alpha value is -13.2. The van der Waals surface area contributed by atoms with Gasteiger partial charge in [0, 0.05) is 110 Å². The van der Waals surface area contributed by atoms with E-state index in [1.165, 1.54) is 116 Å². The molecule has 0 saturated heterocycles. The number of aromatic nitrogens is 6. The molecule has 0 aliphatic rings. The zero-order valence-corrected chi connectivity index (χ0v) is 57.6. The van der Waals surface area contributed by atoms with Gasteiger partial charge in [0.1, 0.15) is 0 Å². The number of fused-ring (bicyclic) bond motifs is 9. The molecule has 0 atom stereocenters. The predicted molar refractivity (Wildman–Crippen MR) is 439 cm³/mol. The van der Waals surface area contributed by atoms with Crippen molar-refractivity contribution < 1.29 is 0 Å². The molecule has 15 aromatic carbocycles. The van der Waals surface area contributed by atoms with Crippen LogP contribution in [-0.4, -0.2) is 29.9 Å². The Bertz CT molecular complexity index is 6890. The van der Waals surface area contributed by atoms with E-state index in [1.807, 2.05) is 47.2 Å². The molecular formula is C96H58N6S2. The summed E-state index contributed by atoms with van der Waals surface area (Å²) in [4.78, 5) is 29.8. The van der Waals surface area contributed by atoms with Gasteiger partial charge in [0.2, 0.25) is 0 Å². The lowest BCUT2D eigenvalue weighted by molar-refractivity contribution is 1.18. The minimum atomic E-state index is 0.685. The van der Waals surface area contributed by atoms with Gasteiger partial charge in [0.05, 0.1) is 22.8 Å². The van der Waals surface area contributed by atoms with E-state index in [2.05, 4.69) is 325 Å². The normalized spacial score (nSPS) is 11.7. The quantitative estimate of drug-likeness (QED) is 0.127. The van der Waals surface area contributed by atoms with Gasteiger partial charge < -0.3 is 0 Å². The van der Waals surface area contributed by atoms with Gasteiger partial charge in [-0.05, 0) is 166 Å². The zero-order valence-electron chi connectivity index (χ0n) is 56.0. The number of hydrogen-bond donors (Lipinski definition) is 0. The van der Waals surface area contributed by atoms with Crippen molar-refractivity contribution in [2.24, 2.45) is 0 Å². The lowest BCUT2D eigenvalue weighted by Gasteiger charge is -2.15. The van der Waals surface area contributed by atoms with Crippen molar-refractivity contribution in [3.05, 3.63) is 352 Å². The second kappa shape index (κ2) is 25.4. The molecule has 6 aromatic heterocycles. The molecule has 21 rings (SSSR count). The number of benzene rings is 15. The van der Waals surface area contributed by atoms with Gasteiger partial charge in [0.15, 0.2) is 11.6 Å². The average Bonchev–Trinajstić information content (AvgIpc) is 1.10.